The summed E-state index contributed by atoms with van der Waals surface area (Å²) >= 11 is 1.31. The third-order valence-corrected chi connectivity index (χ3v) is 4.21. The molecule has 16 heavy (non-hydrogen) atoms. The zero-order valence-electron chi connectivity index (χ0n) is 9.43. The molecule has 0 atom stereocenters. The van der Waals surface area contributed by atoms with Gasteiger partial charge in [0.25, 0.3) is 0 Å². The normalized spacial score (nSPS) is 12.0. The molecule has 1 aromatic rings. The molecule has 5 nitrogen and oxygen atoms in total. The molecule has 0 aliphatic carbocycles. The van der Waals surface area contributed by atoms with E-state index in [-0.39, 0.29) is 5.75 Å². The van der Waals surface area contributed by atoms with Crippen molar-refractivity contribution in [2.24, 2.45) is 5.73 Å². The lowest BCUT2D eigenvalue weighted by molar-refractivity contribution is 0.598. The predicted molar refractivity (Wildman–Crippen MR) is 67.3 cm³/mol. The number of thiazole rings is 1. The van der Waals surface area contributed by atoms with Crippen molar-refractivity contribution in [3.63, 3.8) is 0 Å². The summed E-state index contributed by atoms with van der Waals surface area (Å²) in [5.41, 5.74) is 6.17. The molecule has 0 aliphatic heterocycles. The highest BCUT2D eigenvalue weighted by atomic mass is 32.2. The molecule has 3 N–H and O–H groups in total. The maximum Gasteiger partial charge on any atom is 0.234 e. The summed E-state index contributed by atoms with van der Waals surface area (Å²) < 4.78 is 25.5. The Morgan fingerprint density at radius 1 is 1.56 bits per heavy atom. The first-order valence-electron chi connectivity index (χ1n) is 5.10. The van der Waals surface area contributed by atoms with Gasteiger partial charge in [0.2, 0.25) is 10.0 Å². The van der Waals surface area contributed by atoms with E-state index in [1.165, 1.54) is 11.3 Å². The van der Waals surface area contributed by atoms with Crippen LogP contribution < -0.4 is 10.5 Å². The quantitative estimate of drug-likeness (QED) is 0.811. The molecule has 0 aromatic carbocycles. The van der Waals surface area contributed by atoms with Crippen molar-refractivity contribution in [2.45, 2.75) is 26.2 Å². The third-order valence-electron chi connectivity index (χ3n) is 1.97. The van der Waals surface area contributed by atoms with E-state index in [0.29, 0.717) is 24.0 Å². The zero-order valence-corrected chi connectivity index (χ0v) is 11.1. The molecule has 1 rings (SSSR count). The highest BCUT2D eigenvalue weighted by Gasteiger charge is 2.13. The summed E-state index contributed by atoms with van der Waals surface area (Å²) in [6, 6.07) is 0. The number of hydrogen-bond acceptors (Lipinski definition) is 5. The van der Waals surface area contributed by atoms with E-state index in [4.69, 9.17) is 5.73 Å². The van der Waals surface area contributed by atoms with Crippen LogP contribution >= 0.6 is 11.3 Å². The molecule has 0 fully saturated rings. The van der Waals surface area contributed by atoms with Crippen LogP contribution in [0.5, 0.6) is 0 Å². The Kier molecular flexibility index (Phi) is 4.69. The molecule has 92 valence electrons. The van der Waals surface area contributed by atoms with Crippen LogP contribution in [0.1, 0.15) is 31.9 Å². The fourth-order valence-electron chi connectivity index (χ4n) is 1.06. The number of rotatable bonds is 6. The standard InChI is InChI=1S/C9H17N3O2S2/c1-7(2)8-6-15-9(11-8)12-16(13,14)5-3-4-10/h6-7H,3-5,10H2,1-2H3,(H,11,12). The molecule has 0 spiro atoms. The summed E-state index contributed by atoms with van der Waals surface area (Å²) in [5.74, 6) is 0.346. The minimum absolute atomic E-state index is 0.0418. The van der Waals surface area contributed by atoms with Gasteiger partial charge in [-0.15, -0.1) is 11.3 Å². The van der Waals surface area contributed by atoms with Gasteiger partial charge >= 0.3 is 0 Å². The van der Waals surface area contributed by atoms with Gasteiger partial charge in [0.05, 0.1) is 11.4 Å². The van der Waals surface area contributed by atoms with Gasteiger partial charge < -0.3 is 5.73 Å². The molecule has 0 aliphatic rings. The lowest BCUT2D eigenvalue weighted by Crippen LogP contribution is -2.18. The number of nitrogens with zero attached hydrogens (tertiary/aromatic N) is 1. The Morgan fingerprint density at radius 2 is 2.25 bits per heavy atom. The number of nitrogens with one attached hydrogen (secondary N) is 1. The highest BCUT2D eigenvalue weighted by molar-refractivity contribution is 7.92. The SMILES string of the molecule is CC(C)c1csc(NS(=O)(=O)CCCN)n1. The average Bonchev–Trinajstić information content (AvgIpc) is 2.62. The van der Waals surface area contributed by atoms with Gasteiger partial charge in [0.15, 0.2) is 5.13 Å². The van der Waals surface area contributed by atoms with Crippen molar-refractivity contribution in [2.75, 3.05) is 17.0 Å². The van der Waals surface area contributed by atoms with Gasteiger partial charge in [-0.1, -0.05) is 13.8 Å². The van der Waals surface area contributed by atoms with Crippen LogP contribution in [0.25, 0.3) is 0 Å². The van der Waals surface area contributed by atoms with Crippen LogP contribution in [0.2, 0.25) is 0 Å². The smallest absolute Gasteiger partial charge is 0.234 e. The Labute approximate surface area is 100 Å². The van der Waals surface area contributed by atoms with Crippen molar-refractivity contribution in [1.82, 2.24) is 4.98 Å². The van der Waals surface area contributed by atoms with Crippen LogP contribution in [0.4, 0.5) is 5.13 Å². The molecule has 0 unspecified atom stereocenters. The fraction of sp³-hybridized carbons (Fsp3) is 0.667. The molecule has 1 heterocycles. The predicted octanol–water partition coefficient (Wildman–Crippen LogP) is 1.36. The van der Waals surface area contributed by atoms with Crippen molar-refractivity contribution in [3.05, 3.63) is 11.1 Å². The maximum atomic E-state index is 11.5. The van der Waals surface area contributed by atoms with Crippen LogP contribution in [-0.2, 0) is 10.0 Å². The lowest BCUT2D eigenvalue weighted by Gasteiger charge is -2.03. The van der Waals surface area contributed by atoms with Crippen LogP contribution in [0, 0.1) is 0 Å². The maximum absolute atomic E-state index is 11.5. The number of hydrogen-bond donors (Lipinski definition) is 2. The summed E-state index contributed by atoms with van der Waals surface area (Å²) in [6.45, 7) is 4.40. The first-order chi connectivity index (χ1) is 7.44. The summed E-state index contributed by atoms with van der Waals surface area (Å²) in [7, 11) is -3.29. The first-order valence-corrected chi connectivity index (χ1v) is 7.64. The number of nitrogens with two attached hydrogens (primary N) is 1. The molecule has 0 saturated carbocycles. The van der Waals surface area contributed by atoms with Crippen molar-refractivity contribution < 1.29 is 8.42 Å². The molecule has 1 aromatic heterocycles. The molecule has 0 radical (unpaired) electrons. The first kappa shape index (κ1) is 13.4. The lowest BCUT2D eigenvalue weighted by atomic mass is 10.2. The van der Waals surface area contributed by atoms with Gasteiger partial charge in [-0.05, 0) is 18.9 Å². The van der Waals surface area contributed by atoms with E-state index in [1.54, 1.807) is 0 Å². The summed E-state index contributed by atoms with van der Waals surface area (Å²) in [4.78, 5) is 4.20. The highest BCUT2D eigenvalue weighted by Crippen LogP contribution is 2.22. The summed E-state index contributed by atoms with van der Waals surface area (Å²) in [6.07, 6.45) is 0.456. The monoisotopic (exact) mass is 263 g/mol. The number of sulfonamides is 1. The zero-order chi connectivity index (χ0) is 12.2. The van der Waals surface area contributed by atoms with Crippen LogP contribution in [0.3, 0.4) is 0 Å². The Hall–Kier alpha value is -0.660. The Morgan fingerprint density at radius 3 is 2.75 bits per heavy atom. The molecule has 0 saturated heterocycles. The second-order valence-corrected chi connectivity index (χ2v) is 6.50. The minimum Gasteiger partial charge on any atom is -0.330 e. The van der Waals surface area contributed by atoms with Crippen LogP contribution in [0.15, 0.2) is 5.38 Å². The van der Waals surface area contributed by atoms with Gasteiger partial charge in [-0.2, -0.15) is 0 Å². The number of aromatic nitrogens is 1. The molecule has 0 amide bonds. The van der Waals surface area contributed by atoms with Gasteiger partial charge in [0, 0.05) is 5.38 Å². The third kappa shape index (κ3) is 4.07. The van der Waals surface area contributed by atoms with Crippen molar-refractivity contribution >= 4 is 26.5 Å². The van der Waals surface area contributed by atoms with E-state index in [0.717, 1.165) is 5.69 Å². The summed E-state index contributed by atoms with van der Waals surface area (Å²) in [5, 5.41) is 2.30. The molecule has 7 heteroatoms. The van der Waals surface area contributed by atoms with Gasteiger partial charge in [-0.3, -0.25) is 4.72 Å². The van der Waals surface area contributed by atoms with Crippen LogP contribution in [-0.4, -0.2) is 25.7 Å². The molecule has 0 bridgehead atoms. The van der Waals surface area contributed by atoms with E-state index in [9.17, 15) is 8.42 Å². The van der Waals surface area contributed by atoms with Crippen molar-refractivity contribution in [3.8, 4) is 0 Å². The van der Waals surface area contributed by atoms with E-state index in [2.05, 4.69) is 9.71 Å². The average molecular weight is 263 g/mol. The Bertz CT molecular complexity index is 426. The second-order valence-electron chi connectivity index (χ2n) is 3.80. The second kappa shape index (κ2) is 5.60. The molecular formula is C9H17N3O2S2. The van der Waals surface area contributed by atoms with E-state index >= 15 is 0 Å². The van der Waals surface area contributed by atoms with E-state index in [1.807, 2.05) is 19.2 Å². The topological polar surface area (TPSA) is 85.1 Å². The van der Waals surface area contributed by atoms with Crippen molar-refractivity contribution in [1.29, 1.82) is 0 Å². The van der Waals surface area contributed by atoms with E-state index < -0.39 is 10.0 Å². The largest absolute Gasteiger partial charge is 0.330 e. The number of anilines is 1. The molecular weight excluding hydrogens is 246 g/mol. The van der Waals surface area contributed by atoms with Gasteiger partial charge in [-0.25, -0.2) is 13.4 Å². The minimum atomic E-state index is -3.29. The Balaban J connectivity index is 2.65. The van der Waals surface area contributed by atoms with Gasteiger partial charge in [0.1, 0.15) is 0 Å². The fourth-order valence-corrected chi connectivity index (χ4v) is 3.30.